The second-order valence-electron chi connectivity index (χ2n) is 23.4. The molecule has 0 aromatic carbocycles. The van der Waals surface area contributed by atoms with Crippen molar-refractivity contribution in [3.05, 3.63) is 56.3 Å². The summed E-state index contributed by atoms with van der Waals surface area (Å²) >= 11 is 8.16. The minimum Gasteiger partial charge on any atom is -0.382 e. The Morgan fingerprint density at radius 1 is 0.342 bits per heavy atom. The maximum atomic E-state index is 6.26. The molecule has 0 radical (unpaired) electrons. The molecule has 2 aliphatic rings. The highest BCUT2D eigenvalue weighted by Crippen LogP contribution is 2.63. The van der Waals surface area contributed by atoms with Gasteiger partial charge in [0.05, 0.1) is 26.4 Å². The highest BCUT2D eigenvalue weighted by molar-refractivity contribution is 7.29. The zero-order chi connectivity index (χ0) is 54.5. The molecule has 4 aromatic rings. The van der Waals surface area contributed by atoms with Crippen molar-refractivity contribution in [3.63, 3.8) is 0 Å². The number of methoxy groups -OCH3 is 2. The molecule has 4 heterocycles. The van der Waals surface area contributed by atoms with Crippen molar-refractivity contribution < 1.29 is 18.9 Å². The summed E-state index contributed by atoms with van der Waals surface area (Å²) in [7, 11) is 21.1. The van der Waals surface area contributed by atoms with Crippen molar-refractivity contribution in [2.75, 3.05) is 176 Å². The Bertz CT molecular complexity index is 2160. The first-order chi connectivity index (χ1) is 36.7. The molecule has 4 aromatic heterocycles. The molecule has 2 aliphatic carbocycles. The topological polar surface area (TPSA) is 56.4 Å². The standard InChI is InChI=1S/C62H104N6O4S4/c1-49-45-51-57(73-49)59-53(47-55(75-59)56-48-54-60(76-56)58-52(46-50(2)74-58)62(54,27-39-71-43-41-69-11)28-40-72-44-42-70-12)61(51,25-17-13-15-19-33-67(35-21-29-63(3)4)36-22-30-64(5)6)26-18-14-16-20-34-68(37-23-31-65(7)8)38-24-32-66(9)10/h45-48H,13-44H2,1-12H3. The van der Waals surface area contributed by atoms with Crippen LogP contribution in [-0.4, -0.2) is 205 Å². The predicted octanol–water partition coefficient (Wildman–Crippen LogP) is 13.2. The fourth-order valence-corrected chi connectivity index (χ4v) is 17.2. The molecular weight excluding hydrogens is 1020 g/mol. The molecular formula is C62H104N6O4S4. The summed E-state index contributed by atoms with van der Waals surface area (Å²) in [5.74, 6) is 0. The van der Waals surface area contributed by atoms with Gasteiger partial charge in [-0.05, 0) is 246 Å². The summed E-state index contributed by atoms with van der Waals surface area (Å²) < 4.78 is 23.3. The minimum atomic E-state index is -0.156. The lowest BCUT2D eigenvalue weighted by Crippen LogP contribution is -2.31. The third kappa shape index (κ3) is 18.2. The molecule has 0 amide bonds. The summed E-state index contributed by atoms with van der Waals surface area (Å²) in [6.07, 6.45) is 19.7. The number of hydrogen-bond donors (Lipinski definition) is 0. The quantitative estimate of drug-likeness (QED) is 0.0401. The monoisotopic (exact) mass is 1120 g/mol. The van der Waals surface area contributed by atoms with E-state index in [1.54, 1.807) is 35.1 Å². The Morgan fingerprint density at radius 2 is 0.658 bits per heavy atom. The number of hydrogen-bond acceptors (Lipinski definition) is 14. The van der Waals surface area contributed by atoms with Gasteiger partial charge in [-0.3, -0.25) is 0 Å². The van der Waals surface area contributed by atoms with Crippen LogP contribution in [-0.2, 0) is 29.8 Å². The average molecular weight is 1130 g/mol. The fraction of sp³-hybridized carbons (Fsp3) is 0.742. The summed E-state index contributed by atoms with van der Waals surface area (Å²) in [6.45, 7) is 20.4. The summed E-state index contributed by atoms with van der Waals surface area (Å²) in [5.41, 5.74) is 6.16. The van der Waals surface area contributed by atoms with Gasteiger partial charge in [-0.25, -0.2) is 0 Å². The number of rotatable bonds is 43. The van der Waals surface area contributed by atoms with Crippen LogP contribution in [0.3, 0.4) is 0 Å². The molecule has 0 aliphatic heterocycles. The lowest BCUT2D eigenvalue weighted by molar-refractivity contribution is 0.0491. The van der Waals surface area contributed by atoms with Gasteiger partial charge in [-0.1, -0.05) is 38.5 Å². The third-order valence-electron chi connectivity index (χ3n) is 16.1. The third-order valence-corrected chi connectivity index (χ3v) is 21.0. The van der Waals surface area contributed by atoms with Crippen LogP contribution < -0.4 is 0 Å². The van der Waals surface area contributed by atoms with E-state index < -0.39 is 0 Å². The number of fused-ring (bicyclic) bond motifs is 6. The van der Waals surface area contributed by atoms with Crippen LogP contribution in [0, 0.1) is 13.8 Å². The van der Waals surface area contributed by atoms with E-state index in [9.17, 15) is 0 Å². The average Bonchev–Trinajstić information content (AvgIpc) is 4.24. The highest BCUT2D eigenvalue weighted by atomic mass is 32.1. The van der Waals surface area contributed by atoms with Gasteiger partial charge in [0.25, 0.3) is 0 Å². The molecule has 0 bridgehead atoms. The smallest absolute Gasteiger partial charge is 0.0700 e. The number of nitrogens with zero attached hydrogens (tertiary/aromatic N) is 6. The summed E-state index contributed by atoms with van der Waals surface area (Å²) in [4.78, 5) is 26.6. The van der Waals surface area contributed by atoms with E-state index >= 15 is 0 Å². The van der Waals surface area contributed by atoms with Crippen LogP contribution in [0.15, 0.2) is 24.3 Å². The van der Waals surface area contributed by atoms with E-state index in [1.807, 2.05) is 22.7 Å². The minimum absolute atomic E-state index is 0.0693. The van der Waals surface area contributed by atoms with Crippen LogP contribution >= 0.6 is 45.3 Å². The number of aryl methyl sites for hydroxylation is 2. The van der Waals surface area contributed by atoms with E-state index in [0.29, 0.717) is 39.6 Å². The Hall–Kier alpha value is -1.60. The maximum Gasteiger partial charge on any atom is 0.0700 e. The van der Waals surface area contributed by atoms with Crippen molar-refractivity contribution in [2.24, 2.45) is 0 Å². The molecule has 0 unspecified atom stereocenters. The lowest BCUT2D eigenvalue weighted by atomic mass is 9.71. The van der Waals surface area contributed by atoms with Gasteiger partial charge in [-0.2, -0.15) is 0 Å². The van der Waals surface area contributed by atoms with E-state index in [4.69, 9.17) is 18.9 Å². The molecule has 10 nitrogen and oxygen atoms in total. The van der Waals surface area contributed by atoms with Gasteiger partial charge < -0.3 is 48.3 Å². The van der Waals surface area contributed by atoms with Crippen LogP contribution in [0.25, 0.3) is 29.3 Å². The van der Waals surface area contributed by atoms with Crippen LogP contribution in [0.4, 0.5) is 0 Å². The largest absolute Gasteiger partial charge is 0.382 e. The van der Waals surface area contributed by atoms with Crippen molar-refractivity contribution in [1.29, 1.82) is 0 Å². The van der Waals surface area contributed by atoms with Crippen molar-refractivity contribution in [2.45, 2.75) is 127 Å². The molecule has 0 saturated heterocycles. The van der Waals surface area contributed by atoms with Gasteiger partial charge in [0, 0.05) is 77.3 Å². The first kappa shape index (κ1) is 63.6. The van der Waals surface area contributed by atoms with E-state index in [0.717, 1.165) is 39.0 Å². The predicted molar refractivity (Wildman–Crippen MR) is 332 cm³/mol. The fourth-order valence-electron chi connectivity index (χ4n) is 12.1. The van der Waals surface area contributed by atoms with Gasteiger partial charge in [0.15, 0.2) is 0 Å². The molecule has 6 rings (SSSR count). The van der Waals surface area contributed by atoms with Crippen LogP contribution in [0.5, 0.6) is 0 Å². The van der Waals surface area contributed by atoms with Crippen LogP contribution in [0.2, 0.25) is 0 Å². The van der Waals surface area contributed by atoms with Crippen molar-refractivity contribution in [1.82, 2.24) is 29.4 Å². The Labute approximate surface area is 479 Å². The first-order valence-corrected chi connectivity index (χ1v) is 32.7. The second-order valence-corrected chi connectivity index (χ2v) is 28.0. The molecule has 0 atom stereocenters. The molecule has 0 fully saturated rings. The van der Waals surface area contributed by atoms with Crippen molar-refractivity contribution in [3.8, 4) is 29.3 Å². The highest BCUT2D eigenvalue weighted by Gasteiger charge is 2.48. The Morgan fingerprint density at radius 3 is 1.01 bits per heavy atom. The van der Waals surface area contributed by atoms with E-state index in [2.05, 4.69) is 147 Å². The Balaban J connectivity index is 1.24. The Kier molecular flexibility index (Phi) is 27.4. The number of thiophene rings is 4. The first-order valence-electron chi connectivity index (χ1n) is 29.4. The molecule has 0 spiro atoms. The number of ether oxygens (including phenoxy) is 4. The van der Waals surface area contributed by atoms with Gasteiger partial charge in [0.1, 0.15) is 0 Å². The van der Waals surface area contributed by atoms with Gasteiger partial charge in [-0.15, -0.1) is 45.3 Å². The van der Waals surface area contributed by atoms with Crippen LogP contribution in [0.1, 0.15) is 135 Å². The summed E-state index contributed by atoms with van der Waals surface area (Å²) in [6, 6.07) is 10.4. The lowest BCUT2D eigenvalue weighted by Gasteiger charge is -2.32. The molecule has 76 heavy (non-hydrogen) atoms. The molecule has 14 heteroatoms. The van der Waals surface area contributed by atoms with E-state index in [-0.39, 0.29) is 10.8 Å². The normalized spacial score (nSPS) is 14.5. The van der Waals surface area contributed by atoms with E-state index in [1.165, 1.54) is 170 Å². The molecule has 0 saturated carbocycles. The van der Waals surface area contributed by atoms with Crippen molar-refractivity contribution >= 4 is 45.3 Å². The summed E-state index contributed by atoms with van der Waals surface area (Å²) in [5, 5.41) is 0. The maximum absolute atomic E-state index is 6.26. The zero-order valence-corrected chi connectivity index (χ0v) is 53.2. The van der Waals surface area contributed by atoms with Gasteiger partial charge in [0.2, 0.25) is 0 Å². The zero-order valence-electron chi connectivity index (χ0n) is 49.9. The second kappa shape index (κ2) is 32.7. The SMILES string of the molecule is COCCOCCC1(CCOCCOC)c2cc(C)sc2-c2sc(-c3cc4c(s3)-c3sc(C)cc3C4(CCCCCCN(CCCN(C)C)CCCN(C)C)CCCCCCN(CCCN(C)C)CCCN(C)C)cc21. The molecule has 0 N–H and O–H groups in total. The molecule has 430 valence electrons. The van der Waals surface area contributed by atoms with Gasteiger partial charge >= 0.3 is 0 Å². The number of unbranched alkanes of at least 4 members (excludes halogenated alkanes) is 6.